The van der Waals surface area contributed by atoms with Gasteiger partial charge in [-0.15, -0.1) is 0 Å². The Kier molecular flexibility index (Phi) is 5.72. The third-order valence-electron chi connectivity index (χ3n) is 2.49. The Morgan fingerprint density at radius 2 is 1.85 bits per heavy atom. The van der Waals surface area contributed by atoms with Crippen molar-refractivity contribution in [2.75, 3.05) is 12.4 Å². The fourth-order valence-corrected chi connectivity index (χ4v) is 4.18. The molecular formula is C13H10Br3ClN2O. The van der Waals surface area contributed by atoms with Gasteiger partial charge >= 0.3 is 0 Å². The number of pyridine rings is 1. The van der Waals surface area contributed by atoms with Crippen LogP contribution in [0.1, 0.15) is 5.69 Å². The molecule has 0 radical (unpaired) electrons. The summed E-state index contributed by atoms with van der Waals surface area (Å²) in [4.78, 5) is 4.37. The Hall–Kier alpha value is -0.300. The van der Waals surface area contributed by atoms with Crippen molar-refractivity contribution in [3.05, 3.63) is 48.4 Å². The molecule has 0 saturated heterocycles. The number of nitrogens with one attached hydrogen (secondary N) is 1. The maximum Gasteiger partial charge on any atom is 0.148 e. The number of hydrogen-bond donors (Lipinski definition) is 1. The molecule has 0 unspecified atom stereocenters. The molecule has 0 aliphatic heterocycles. The van der Waals surface area contributed by atoms with Crippen LogP contribution >= 0.6 is 59.4 Å². The van der Waals surface area contributed by atoms with Gasteiger partial charge in [0.25, 0.3) is 0 Å². The van der Waals surface area contributed by atoms with E-state index in [9.17, 15) is 0 Å². The number of aromatic nitrogens is 1. The van der Waals surface area contributed by atoms with E-state index in [0.29, 0.717) is 16.5 Å². The first kappa shape index (κ1) is 16.1. The molecule has 0 aliphatic rings. The normalized spacial score (nSPS) is 10.4. The standard InChI is InChI=1S/C13H10Br3ClN2O/c1-18-12-3-2-10(17)11(19-12)6-20-13-8(15)4-7(14)5-9(13)16/h2-5H,6H2,1H3,(H,18,19). The monoisotopic (exact) mass is 482 g/mol. The van der Waals surface area contributed by atoms with Gasteiger partial charge in [0.05, 0.1) is 19.7 Å². The Labute approximate surface area is 147 Å². The van der Waals surface area contributed by atoms with Crippen LogP contribution in [0.25, 0.3) is 0 Å². The molecule has 2 rings (SSSR count). The van der Waals surface area contributed by atoms with Crippen LogP contribution in [-0.4, -0.2) is 12.0 Å². The van der Waals surface area contributed by atoms with Gasteiger partial charge in [-0.25, -0.2) is 4.98 Å². The Morgan fingerprint density at radius 1 is 1.20 bits per heavy atom. The number of anilines is 1. The summed E-state index contributed by atoms with van der Waals surface area (Å²) in [5, 5.41) is 3.55. The zero-order chi connectivity index (χ0) is 14.7. The molecule has 0 aliphatic carbocycles. The minimum Gasteiger partial charge on any atom is -0.485 e. The van der Waals surface area contributed by atoms with Crippen LogP contribution in [0.5, 0.6) is 5.75 Å². The van der Waals surface area contributed by atoms with Gasteiger partial charge in [0, 0.05) is 11.5 Å². The van der Waals surface area contributed by atoms with E-state index >= 15 is 0 Å². The molecule has 0 saturated carbocycles. The van der Waals surface area contributed by atoms with Crippen molar-refractivity contribution < 1.29 is 4.74 Å². The molecule has 7 heteroatoms. The van der Waals surface area contributed by atoms with Gasteiger partial charge in [0.2, 0.25) is 0 Å². The summed E-state index contributed by atoms with van der Waals surface area (Å²) in [5.41, 5.74) is 0.681. The van der Waals surface area contributed by atoms with Gasteiger partial charge in [0.15, 0.2) is 0 Å². The third-order valence-corrected chi connectivity index (χ3v) is 4.47. The molecule has 1 aromatic carbocycles. The largest absolute Gasteiger partial charge is 0.485 e. The van der Waals surface area contributed by atoms with E-state index < -0.39 is 0 Å². The van der Waals surface area contributed by atoms with Crippen molar-refractivity contribution in [2.45, 2.75) is 6.61 Å². The van der Waals surface area contributed by atoms with Crippen molar-refractivity contribution in [1.82, 2.24) is 4.98 Å². The fourth-order valence-electron chi connectivity index (χ4n) is 1.53. The minimum atomic E-state index is 0.285. The topological polar surface area (TPSA) is 34.1 Å². The van der Waals surface area contributed by atoms with Crippen LogP contribution < -0.4 is 10.1 Å². The van der Waals surface area contributed by atoms with Crippen molar-refractivity contribution in [1.29, 1.82) is 0 Å². The van der Waals surface area contributed by atoms with Crippen molar-refractivity contribution in [2.24, 2.45) is 0 Å². The lowest BCUT2D eigenvalue weighted by Crippen LogP contribution is -2.03. The number of nitrogens with zero attached hydrogens (tertiary/aromatic N) is 1. The summed E-state index contributed by atoms with van der Waals surface area (Å²) < 4.78 is 8.45. The molecule has 1 aromatic heterocycles. The van der Waals surface area contributed by atoms with E-state index in [0.717, 1.165) is 19.2 Å². The van der Waals surface area contributed by atoms with Gasteiger partial charge in [-0.05, 0) is 56.1 Å². The number of ether oxygens (including phenoxy) is 1. The predicted molar refractivity (Wildman–Crippen MR) is 92.7 cm³/mol. The smallest absolute Gasteiger partial charge is 0.148 e. The van der Waals surface area contributed by atoms with Crippen molar-refractivity contribution >= 4 is 65.2 Å². The van der Waals surface area contributed by atoms with Gasteiger partial charge in [0.1, 0.15) is 18.2 Å². The summed E-state index contributed by atoms with van der Waals surface area (Å²) in [6.07, 6.45) is 0. The minimum absolute atomic E-state index is 0.285. The van der Waals surface area contributed by atoms with Crippen LogP contribution in [0.15, 0.2) is 37.7 Å². The maximum atomic E-state index is 6.12. The Bertz CT molecular complexity index is 614. The van der Waals surface area contributed by atoms with E-state index in [4.69, 9.17) is 16.3 Å². The van der Waals surface area contributed by atoms with E-state index in [-0.39, 0.29) is 6.61 Å². The van der Waals surface area contributed by atoms with E-state index in [1.165, 1.54) is 0 Å². The Morgan fingerprint density at radius 3 is 2.45 bits per heavy atom. The number of rotatable bonds is 4. The molecule has 0 fully saturated rings. The molecule has 1 N–H and O–H groups in total. The highest BCUT2D eigenvalue weighted by atomic mass is 79.9. The number of hydrogen-bond acceptors (Lipinski definition) is 3. The van der Waals surface area contributed by atoms with E-state index in [2.05, 4.69) is 58.1 Å². The maximum absolute atomic E-state index is 6.12. The Balaban J connectivity index is 2.21. The summed E-state index contributed by atoms with van der Waals surface area (Å²) in [6, 6.07) is 7.44. The summed E-state index contributed by atoms with van der Waals surface area (Å²) in [6.45, 7) is 0.285. The third kappa shape index (κ3) is 3.87. The lowest BCUT2D eigenvalue weighted by molar-refractivity contribution is 0.297. The zero-order valence-corrected chi connectivity index (χ0v) is 15.9. The highest BCUT2D eigenvalue weighted by Crippen LogP contribution is 2.37. The molecule has 0 bridgehead atoms. The quantitative estimate of drug-likeness (QED) is 0.609. The summed E-state index contributed by atoms with van der Waals surface area (Å²) in [7, 11) is 1.81. The molecule has 0 amide bonds. The van der Waals surface area contributed by atoms with E-state index in [1.807, 2.05) is 25.2 Å². The highest BCUT2D eigenvalue weighted by molar-refractivity contribution is 9.11. The average Bonchev–Trinajstić information content (AvgIpc) is 2.39. The molecule has 3 nitrogen and oxygen atoms in total. The first-order chi connectivity index (χ1) is 9.51. The molecule has 2 aromatic rings. The predicted octanol–water partition coefficient (Wildman–Crippen LogP) is 5.64. The molecular weight excluding hydrogens is 475 g/mol. The molecule has 0 spiro atoms. The van der Waals surface area contributed by atoms with Gasteiger partial charge in [-0.2, -0.15) is 0 Å². The lowest BCUT2D eigenvalue weighted by atomic mass is 10.3. The average molecular weight is 485 g/mol. The zero-order valence-electron chi connectivity index (χ0n) is 10.4. The first-order valence-electron chi connectivity index (χ1n) is 5.61. The number of halogens is 4. The van der Waals surface area contributed by atoms with E-state index in [1.54, 1.807) is 6.07 Å². The molecule has 0 atom stereocenters. The summed E-state index contributed by atoms with van der Waals surface area (Å²) in [5.74, 6) is 1.46. The van der Waals surface area contributed by atoms with Gasteiger partial charge in [-0.1, -0.05) is 27.5 Å². The lowest BCUT2D eigenvalue weighted by Gasteiger charge is -2.12. The van der Waals surface area contributed by atoms with Crippen molar-refractivity contribution in [3.63, 3.8) is 0 Å². The second kappa shape index (κ2) is 7.11. The molecule has 106 valence electrons. The van der Waals surface area contributed by atoms with Crippen LogP contribution in [0.2, 0.25) is 5.02 Å². The highest BCUT2D eigenvalue weighted by Gasteiger charge is 2.10. The first-order valence-corrected chi connectivity index (χ1v) is 8.37. The van der Waals surface area contributed by atoms with Crippen LogP contribution in [0, 0.1) is 0 Å². The van der Waals surface area contributed by atoms with Crippen LogP contribution in [-0.2, 0) is 6.61 Å². The van der Waals surface area contributed by atoms with Gasteiger partial charge < -0.3 is 10.1 Å². The van der Waals surface area contributed by atoms with Crippen LogP contribution in [0.3, 0.4) is 0 Å². The van der Waals surface area contributed by atoms with Crippen LogP contribution in [0.4, 0.5) is 5.82 Å². The van der Waals surface area contributed by atoms with Crippen molar-refractivity contribution in [3.8, 4) is 5.75 Å². The molecule has 1 heterocycles. The SMILES string of the molecule is CNc1ccc(Cl)c(COc2c(Br)cc(Br)cc2Br)n1. The number of benzene rings is 1. The second-order valence-electron chi connectivity index (χ2n) is 3.86. The second-order valence-corrected chi connectivity index (χ2v) is 6.89. The molecule has 20 heavy (non-hydrogen) atoms. The summed E-state index contributed by atoms with van der Waals surface area (Å²) >= 11 is 16.5. The van der Waals surface area contributed by atoms with Gasteiger partial charge in [-0.3, -0.25) is 0 Å². The fraction of sp³-hybridized carbons (Fsp3) is 0.154.